The molecule has 5 nitrogen and oxygen atoms in total. The third-order valence-electron chi connectivity index (χ3n) is 2.83. The van der Waals surface area contributed by atoms with Gasteiger partial charge in [0.2, 0.25) is 0 Å². The Labute approximate surface area is 89.7 Å². The number of aliphatic carboxylic acids is 1. The number of carboxylic acid groups (broad SMARTS) is 1. The summed E-state index contributed by atoms with van der Waals surface area (Å²) >= 11 is 0. The summed E-state index contributed by atoms with van der Waals surface area (Å²) in [5.74, 6) is -0.834. The Morgan fingerprint density at radius 2 is 2.20 bits per heavy atom. The number of amides is 2. The number of likely N-dealkylation sites (tertiary alicyclic amines) is 1. The molecule has 0 aromatic rings. The zero-order valence-electron chi connectivity index (χ0n) is 9.27. The maximum atomic E-state index is 11.8. The summed E-state index contributed by atoms with van der Waals surface area (Å²) in [4.78, 5) is 25.7. The van der Waals surface area contributed by atoms with Crippen molar-refractivity contribution in [1.82, 2.24) is 9.80 Å². The highest BCUT2D eigenvalue weighted by molar-refractivity contribution is 5.76. The molecule has 1 N–H and O–H groups in total. The van der Waals surface area contributed by atoms with Crippen LogP contribution in [0.2, 0.25) is 0 Å². The minimum Gasteiger partial charge on any atom is -0.481 e. The number of nitrogens with zero attached hydrogens (tertiary/aromatic N) is 2. The SMILES string of the molecule is CCN(C)C(=O)N1CCCC1CC(=O)O. The quantitative estimate of drug-likeness (QED) is 0.762. The van der Waals surface area contributed by atoms with E-state index in [-0.39, 0.29) is 18.5 Å². The molecule has 1 atom stereocenters. The minimum absolute atomic E-state index is 0.0544. The molecule has 0 saturated carbocycles. The van der Waals surface area contributed by atoms with Gasteiger partial charge < -0.3 is 14.9 Å². The van der Waals surface area contributed by atoms with Gasteiger partial charge in [0.05, 0.1) is 6.42 Å². The first kappa shape index (κ1) is 11.8. The molecule has 1 saturated heterocycles. The molecule has 1 unspecified atom stereocenters. The third-order valence-corrected chi connectivity index (χ3v) is 2.83. The molecule has 1 rings (SSSR count). The van der Waals surface area contributed by atoms with Crippen molar-refractivity contribution >= 4 is 12.0 Å². The molecule has 15 heavy (non-hydrogen) atoms. The van der Waals surface area contributed by atoms with E-state index in [9.17, 15) is 9.59 Å². The van der Waals surface area contributed by atoms with Crippen LogP contribution in [0.4, 0.5) is 4.79 Å². The van der Waals surface area contributed by atoms with Gasteiger partial charge >= 0.3 is 12.0 Å². The smallest absolute Gasteiger partial charge is 0.319 e. The summed E-state index contributed by atoms with van der Waals surface area (Å²) < 4.78 is 0. The lowest BCUT2D eigenvalue weighted by Crippen LogP contribution is -2.44. The number of carboxylic acids is 1. The van der Waals surface area contributed by atoms with E-state index in [0.717, 1.165) is 12.8 Å². The first-order chi connectivity index (χ1) is 7.06. The van der Waals surface area contributed by atoms with Gasteiger partial charge in [-0.1, -0.05) is 0 Å². The fraction of sp³-hybridized carbons (Fsp3) is 0.800. The van der Waals surface area contributed by atoms with Crippen LogP contribution in [0.25, 0.3) is 0 Å². The zero-order chi connectivity index (χ0) is 11.4. The van der Waals surface area contributed by atoms with Gasteiger partial charge in [0, 0.05) is 26.2 Å². The van der Waals surface area contributed by atoms with Gasteiger partial charge in [-0.3, -0.25) is 4.79 Å². The Bertz CT molecular complexity index is 255. The van der Waals surface area contributed by atoms with E-state index in [1.165, 1.54) is 0 Å². The van der Waals surface area contributed by atoms with E-state index < -0.39 is 5.97 Å². The van der Waals surface area contributed by atoms with Crippen molar-refractivity contribution in [3.8, 4) is 0 Å². The molecule has 1 heterocycles. The van der Waals surface area contributed by atoms with Gasteiger partial charge in [0.25, 0.3) is 0 Å². The number of carbonyl (C=O) groups is 2. The Morgan fingerprint density at radius 3 is 2.73 bits per heavy atom. The summed E-state index contributed by atoms with van der Waals surface area (Å²) in [6, 6.07) is -0.176. The summed E-state index contributed by atoms with van der Waals surface area (Å²) in [7, 11) is 1.73. The normalized spacial score (nSPS) is 20.4. The predicted octanol–water partition coefficient (Wildman–Crippen LogP) is 0.997. The molecule has 0 aliphatic carbocycles. The summed E-state index contributed by atoms with van der Waals surface area (Å²) in [6.45, 7) is 3.23. The Hall–Kier alpha value is -1.26. The second-order valence-electron chi connectivity index (χ2n) is 3.88. The van der Waals surface area contributed by atoms with E-state index in [0.29, 0.717) is 13.1 Å². The van der Waals surface area contributed by atoms with Crippen LogP contribution in [-0.2, 0) is 4.79 Å². The van der Waals surface area contributed by atoms with Crippen LogP contribution >= 0.6 is 0 Å². The molecule has 0 spiro atoms. The Kier molecular flexibility index (Phi) is 3.94. The number of rotatable bonds is 3. The number of carbonyl (C=O) groups excluding carboxylic acids is 1. The standard InChI is InChI=1S/C10H18N2O3/c1-3-11(2)10(15)12-6-4-5-8(12)7-9(13)14/h8H,3-7H2,1-2H3,(H,13,14). The lowest BCUT2D eigenvalue weighted by Gasteiger charge is -2.28. The van der Waals surface area contributed by atoms with Gasteiger partial charge in [-0.25, -0.2) is 4.79 Å². The van der Waals surface area contributed by atoms with Crippen LogP contribution in [0.3, 0.4) is 0 Å². The van der Waals surface area contributed by atoms with Crippen molar-refractivity contribution in [2.75, 3.05) is 20.1 Å². The zero-order valence-corrected chi connectivity index (χ0v) is 9.27. The van der Waals surface area contributed by atoms with Gasteiger partial charge in [0.15, 0.2) is 0 Å². The van der Waals surface area contributed by atoms with Crippen molar-refractivity contribution in [1.29, 1.82) is 0 Å². The van der Waals surface area contributed by atoms with Gasteiger partial charge in [0.1, 0.15) is 0 Å². The van der Waals surface area contributed by atoms with Crippen LogP contribution in [0.5, 0.6) is 0 Å². The van der Waals surface area contributed by atoms with Crippen molar-refractivity contribution < 1.29 is 14.7 Å². The first-order valence-corrected chi connectivity index (χ1v) is 5.29. The lowest BCUT2D eigenvalue weighted by atomic mass is 10.1. The molecule has 0 aromatic carbocycles. The molecule has 1 aliphatic rings. The number of urea groups is 1. The van der Waals surface area contributed by atoms with Crippen molar-refractivity contribution in [2.45, 2.75) is 32.2 Å². The summed E-state index contributed by atoms with van der Waals surface area (Å²) in [5, 5.41) is 8.72. The first-order valence-electron chi connectivity index (χ1n) is 5.29. The average Bonchev–Trinajstić information content (AvgIpc) is 2.62. The van der Waals surface area contributed by atoms with E-state index in [2.05, 4.69) is 0 Å². The van der Waals surface area contributed by atoms with Crippen molar-refractivity contribution in [3.63, 3.8) is 0 Å². The van der Waals surface area contributed by atoms with E-state index in [4.69, 9.17) is 5.11 Å². The topological polar surface area (TPSA) is 60.9 Å². The van der Waals surface area contributed by atoms with Gasteiger partial charge in [-0.05, 0) is 19.8 Å². The molecular weight excluding hydrogens is 196 g/mol. The predicted molar refractivity (Wildman–Crippen MR) is 55.7 cm³/mol. The fourth-order valence-corrected chi connectivity index (χ4v) is 1.86. The van der Waals surface area contributed by atoms with Gasteiger partial charge in [-0.2, -0.15) is 0 Å². The Balaban J connectivity index is 2.59. The highest BCUT2D eigenvalue weighted by Crippen LogP contribution is 2.21. The second kappa shape index (κ2) is 5.00. The van der Waals surface area contributed by atoms with Crippen LogP contribution in [0, 0.1) is 0 Å². The van der Waals surface area contributed by atoms with Crippen LogP contribution in [0.1, 0.15) is 26.2 Å². The van der Waals surface area contributed by atoms with Crippen molar-refractivity contribution in [2.24, 2.45) is 0 Å². The molecule has 0 radical (unpaired) electrons. The molecule has 0 bridgehead atoms. The van der Waals surface area contributed by atoms with Crippen LogP contribution in [-0.4, -0.2) is 53.1 Å². The molecule has 2 amide bonds. The second-order valence-corrected chi connectivity index (χ2v) is 3.88. The number of hydrogen-bond donors (Lipinski definition) is 1. The average molecular weight is 214 g/mol. The van der Waals surface area contributed by atoms with Gasteiger partial charge in [-0.15, -0.1) is 0 Å². The van der Waals surface area contributed by atoms with Crippen LogP contribution < -0.4 is 0 Å². The molecule has 5 heteroatoms. The molecule has 1 aliphatic heterocycles. The number of hydrogen-bond acceptors (Lipinski definition) is 2. The van der Waals surface area contributed by atoms with Crippen molar-refractivity contribution in [3.05, 3.63) is 0 Å². The highest BCUT2D eigenvalue weighted by Gasteiger charge is 2.31. The lowest BCUT2D eigenvalue weighted by molar-refractivity contribution is -0.137. The van der Waals surface area contributed by atoms with E-state index >= 15 is 0 Å². The molecule has 86 valence electrons. The monoisotopic (exact) mass is 214 g/mol. The summed E-state index contributed by atoms with van der Waals surface area (Å²) in [6.07, 6.45) is 1.76. The van der Waals surface area contributed by atoms with E-state index in [1.807, 2.05) is 6.92 Å². The third kappa shape index (κ3) is 2.84. The van der Waals surface area contributed by atoms with Crippen LogP contribution in [0.15, 0.2) is 0 Å². The maximum Gasteiger partial charge on any atom is 0.319 e. The fourth-order valence-electron chi connectivity index (χ4n) is 1.86. The Morgan fingerprint density at radius 1 is 1.53 bits per heavy atom. The highest BCUT2D eigenvalue weighted by atomic mass is 16.4. The molecule has 0 aromatic heterocycles. The largest absolute Gasteiger partial charge is 0.481 e. The molecular formula is C10H18N2O3. The minimum atomic E-state index is -0.834. The molecule has 1 fully saturated rings. The summed E-state index contributed by atoms with van der Waals surface area (Å²) in [5.41, 5.74) is 0. The van der Waals surface area contributed by atoms with E-state index in [1.54, 1.807) is 16.8 Å². The maximum absolute atomic E-state index is 11.8.